The number of hydrogen-bond donors (Lipinski definition) is 3. The highest BCUT2D eigenvalue weighted by Crippen LogP contribution is 2.19. The fraction of sp³-hybridized carbons (Fsp3) is 0.455. The van der Waals surface area contributed by atoms with Gasteiger partial charge in [0, 0.05) is 34.9 Å². The molecule has 1 aromatic heterocycles. The van der Waals surface area contributed by atoms with Crippen LogP contribution in [0.3, 0.4) is 0 Å². The van der Waals surface area contributed by atoms with Gasteiger partial charge in [0.15, 0.2) is 0 Å². The summed E-state index contributed by atoms with van der Waals surface area (Å²) in [6.07, 6.45) is 0.226. The zero-order valence-electron chi connectivity index (χ0n) is 10.3. The maximum atomic E-state index is 11.6. The predicted molar refractivity (Wildman–Crippen MR) is 75.3 cm³/mol. The van der Waals surface area contributed by atoms with Gasteiger partial charge in [-0.05, 0) is 22.0 Å². The summed E-state index contributed by atoms with van der Waals surface area (Å²) in [7, 11) is 1.48. The second-order valence-corrected chi connectivity index (χ2v) is 5.64. The number of urea groups is 1. The quantitative estimate of drug-likeness (QED) is 0.699. The molecule has 0 saturated heterocycles. The molecule has 2 amide bonds. The number of halogens is 1. The van der Waals surface area contributed by atoms with Gasteiger partial charge in [0.1, 0.15) is 6.04 Å². The number of carboxylic acids is 1. The highest BCUT2D eigenvalue weighted by Gasteiger charge is 2.19. The van der Waals surface area contributed by atoms with E-state index in [-0.39, 0.29) is 13.0 Å². The van der Waals surface area contributed by atoms with Crippen LogP contribution in [0.25, 0.3) is 0 Å². The van der Waals surface area contributed by atoms with Gasteiger partial charge in [0.05, 0.1) is 6.54 Å². The van der Waals surface area contributed by atoms with Crippen LogP contribution in [0.15, 0.2) is 15.9 Å². The van der Waals surface area contributed by atoms with Crippen LogP contribution in [-0.2, 0) is 16.1 Å². The highest BCUT2D eigenvalue weighted by molar-refractivity contribution is 9.10. The predicted octanol–water partition coefficient (Wildman–Crippen LogP) is 1.80. The Hall–Kier alpha value is -1.12. The number of methoxy groups -OCH3 is 1. The Balaban J connectivity index is 2.37. The summed E-state index contributed by atoms with van der Waals surface area (Å²) >= 11 is 4.82. The van der Waals surface area contributed by atoms with E-state index in [9.17, 15) is 9.59 Å². The topological polar surface area (TPSA) is 87.7 Å². The fourth-order valence-corrected chi connectivity index (χ4v) is 2.71. The molecule has 0 spiro atoms. The largest absolute Gasteiger partial charge is 0.480 e. The Kier molecular flexibility index (Phi) is 6.82. The summed E-state index contributed by atoms with van der Waals surface area (Å²) in [5.74, 6) is -1.08. The van der Waals surface area contributed by atoms with Crippen molar-refractivity contribution in [3.05, 3.63) is 20.8 Å². The van der Waals surface area contributed by atoms with Crippen LogP contribution in [0.2, 0.25) is 0 Å². The van der Waals surface area contributed by atoms with Gasteiger partial charge in [-0.25, -0.2) is 9.59 Å². The standard InChI is InChI=1S/C11H15BrN2O4S/c1-18-3-2-9(10(15)16)14-11(17)13-5-8-4-7(12)6-19-8/h4,6,9H,2-3,5H2,1H3,(H,15,16)(H2,13,14,17). The van der Waals surface area contributed by atoms with Gasteiger partial charge < -0.3 is 20.5 Å². The van der Waals surface area contributed by atoms with E-state index in [0.717, 1.165) is 9.35 Å². The Morgan fingerprint density at radius 1 is 1.58 bits per heavy atom. The first-order valence-corrected chi connectivity index (χ1v) is 7.19. The first-order chi connectivity index (χ1) is 9.02. The summed E-state index contributed by atoms with van der Waals surface area (Å²) in [5, 5.41) is 15.8. The normalized spacial score (nSPS) is 11.9. The first kappa shape index (κ1) is 15.9. The Bertz CT molecular complexity index is 438. The van der Waals surface area contributed by atoms with Gasteiger partial charge >= 0.3 is 12.0 Å². The minimum atomic E-state index is -1.08. The van der Waals surface area contributed by atoms with E-state index in [1.54, 1.807) is 0 Å². The van der Waals surface area contributed by atoms with Crippen molar-refractivity contribution in [2.75, 3.05) is 13.7 Å². The molecule has 0 fully saturated rings. The number of carboxylic acid groups (broad SMARTS) is 1. The van der Waals surface area contributed by atoms with Crippen molar-refractivity contribution in [2.24, 2.45) is 0 Å². The third-order valence-corrected chi connectivity index (χ3v) is 3.96. The second-order valence-electron chi connectivity index (χ2n) is 3.73. The molecule has 0 aliphatic rings. The van der Waals surface area contributed by atoms with Crippen LogP contribution in [0.4, 0.5) is 4.79 Å². The molecular formula is C11H15BrN2O4S. The second kappa shape index (κ2) is 8.13. The van der Waals surface area contributed by atoms with Crippen molar-refractivity contribution < 1.29 is 19.4 Å². The molecule has 1 heterocycles. The first-order valence-electron chi connectivity index (χ1n) is 5.52. The van der Waals surface area contributed by atoms with Crippen LogP contribution in [0, 0.1) is 0 Å². The lowest BCUT2D eigenvalue weighted by Gasteiger charge is -2.14. The van der Waals surface area contributed by atoms with E-state index in [4.69, 9.17) is 9.84 Å². The van der Waals surface area contributed by atoms with Gasteiger partial charge in [-0.1, -0.05) is 0 Å². The molecule has 106 valence electrons. The number of ether oxygens (including phenoxy) is 1. The third kappa shape index (κ3) is 6.04. The van der Waals surface area contributed by atoms with Crippen molar-refractivity contribution in [1.29, 1.82) is 0 Å². The van der Waals surface area contributed by atoms with Crippen molar-refractivity contribution in [3.63, 3.8) is 0 Å². The number of carbonyl (C=O) groups excluding carboxylic acids is 1. The number of nitrogens with one attached hydrogen (secondary N) is 2. The van der Waals surface area contributed by atoms with Gasteiger partial charge in [-0.3, -0.25) is 0 Å². The number of carbonyl (C=O) groups is 2. The van der Waals surface area contributed by atoms with Crippen molar-refractivity contribution in [2.45, 2.75) is 19.0 Å². The van der Waals surface area contributed by atoms with Crippen LogP contribution in [-0.4, -0.2) is 36.9 Å². The number of amides is 2. The fourth-order valence-electron chi connectivity index (χ4n) is 1.32. The molecule has 3 N–H and O–H groups in total. The molecule has 0 aliphatic heterocycles. The molecule has 0 bridgehead atoms. The zero-order valence-corrected chi connectivity index (χ0v) is 12.7. The average Bonchev–Trinajstić information content (AvgIpc) is 2.77. The van der Waals surface area contributed by atoms with Crippen LogP contribution < -0.4 is 10.6 Å². The third-order valence-electron chi connectivity index (χ3n) is 2.26. The maximum absolute atomic E-state index is 11.6. The van der Waals surface area contributed by atoms with E-state index in [0.29, 0.717) is 6.54 Å². The van der Waals surface area contributed by atoms with E-state index in [1.807, 2.05) is 11.4 Å². The highest BCUT2D eigenvalue weighted by atomic mass is 79.9. The molecule has 0 aliphatic carbocycles. The number of aliphatic carboxylic acids is 1. The van der Waals surface area contributed by atoms with E-state index in [1.165, 1.54) is 18.4 Å². The monoisotopic (exact) mass is 350 g/mol. The van der Waals surface area contributed by atoms with E-state index < -0.39 is 18.0 Å². The summed E-state index contributed by atoms with van der Waals surface area (Å²) in [6.45, 7) is 0.633. The summed E-state index contributed by atoms with van der Waals surface area (Å²) in [5.41, 5.74) is 0. The lowest BCUT2D eigenvalue weighted by atomic mass is 10.2. The van der Waals surface area contributed by atoms with Gasteiger partial charge in [-0.2, -0.15) is 0 Å². The van der Waals surface area contributed by atoms with Gasteiger partial charge in [-0.15, -0.1) is 11.3 Å². The minimum Gasteiger partial charge on any atom is -0.480 e. The summed E-state index contributed by atoms with van der Waals surface area (Å²) < 4.78 is 5.75. The molecule has 0 radical (unpaired) electrons. The average molecular weight is 351 g/mol. The molecule has 19 heavy (non-hydrogen) atoms. The molecule has 1 aromatic rings. The van der Waals surface area contributed by atoms with Crippen molar-refractivity contribution >= 4 is 39.3 Å². The Morgan fingerprint density at radius 3 is 2.84 bits per heavy atom. The van der Waals surface area contributed by atoms with Crippen LogP contribution in [0.5, 0.6) is 0 Å². The summed E-state index contributed by atoms with van der Waals surface area (Å²) in [6, 6.07) is 0.438. The Morgan fingerprint density at radius 2 is 2.32 bits per heavy atom. The number of thiophene rings is 1. The molecule has 1 rings (SSSR count). The Labute approximate surface area is 123 Å². The lowest BCUT2D eigenvalue weighted by Crippen LogP contribution is -2.46. The number of hydrogen-bond acceptors (Lipinski definition) is 4. The van der Waals surface area contributed by atoms with E-state index in [2.05, 4.69) is 26.6 Å². The lowest BCUT2D eigenvalue weighted by molar-refractivity contribution is -0.139. The smallest absolute Gasteiger partial charge is 0.326 e. The zero-order chi connectivity index (χ0) is 14.3. The minimum absolute atomic E-state index is 0.226. The van der Waals surface area contributed by atoms with Crippen LogP contribution >= 0.6 is 27.3 Å². The SMILES string of the molecule is COCCC(NC(=O)NCc1cc(Br)cs1)C(=O)O. The molecule has 8 heteroatoms. The molecule has 1 atom stereocenters. The van der Waals surface area contributed by atoms with Gasteiger partial charge in [0.2, 0.25) is 0 Å². The molecule has 0 aromatic carbocycles. The summed E-state index contributed by atoms with van der Waals surface area (Å²) in [4.78, 5) is 23.5. The van der Waals surface area contributed by atoms with Crippen molar-refractivity contribution in [3.8, 4) is 0 Å². The molecule has 1 unspecified atom stereocenters. The van der Waals surface area contributed by atoms with Gasteiger partial charge in [0.25, 0.3) is 0 Å². The van der Waals surface area contributed by atoms with Crippen LogP contribution in [0.1, 0.15) is 11.3 Å². The van der Waals surface area contributed by atoms with E-state index >= 15 is 0 Å². The van der Waals surface area contributed by atoms with Crippen molar-refractivity contribution in [1.82, 2.24) is 10.6 Å². The maximum Gasteiger partial charge on any atom is 0.326 e. The number of rotatable bonds is 7. The molecule has 0 saturated carbocycles. The molecular weight excluding hydrogens is 336 g/mol. The molecule has 6 nitrogen and oxygen atoms in total.